The summed E-state index contributed by atoms with van der Waals surface area (Å²) < 4.78 is 5.62. The van der Waals surface area contributed by atoms with Crippen LogP contribution in [0.1, 0.15) is 42.3 Å². The molecule has 0 unspecified atom stereocenters. The average molecular weight is 403 g/mol. The number of rotatable bonds is 6. The molecular formula is C20H29N5O4. The number of benzene rings is 1. The van der Waals surface area contributed by atoms with Gasteiger partial charge in [0.25, 0.3) is 12.4 Å². The molecule has 0 spiro atoms. The lowest BCUT2D eigenvalue weighted by Gasteiger charge is -2.22. The van der Waals surface area contributed by atoms with Crippen LogP contribution in [0.4, 0.5) is 0 Å². The van der Waals surface area contributed by atoms with Crippen molar-refractivity contribution in [2.45, 2.75) is 33.2 Å². The summed E-state index contributed by atoms with van der Waals surface area (Å²) in [7, 11) is 0. The summed E-state index contributed by atoms with van der Waals surface area (Å²) in [4.78, 5) is 30.0. The zero-order chi connectivity index (χ0) is 21.1. The molecule has 9 nitrogen and oxygen atoms in total. The molecule has 1 amide bonds. The number of hydrogen-bond acceptors (Lipinski definition) is 6. The van der Waals surface area contributed by atoms with Crippen molar-refractivity contribution in [3.05, 3.63) is 41.5 Å². The van der Waals surface area contributed by atoms with E-state index in [2.05, 4.69) is 20.1 Å². The second-order valence-corrected chi connectivity index (χ2v) is 6.51. The molecule has 1 aliphatic rings. The average Bonchev–Trinajstić information content (AvgIpc) is 3.05. The number of ether oxygens (including phenoxy) is 1. The third kappa shape index (κ3) is 6.56. The number of carbonyl (C=O) groups is 2. The van der Waals surface area contributed by atoms with Gasteiger partial charge in [0, 0.05) is 32.6 Å². The van der Waals surface area contributed by atoms with E-state index in [1.807, 2.05) is 43.0 Å². The first-order valence-corrected chi connectivity index (χ1v) is 9.84. The van der Waals surface area contributed by atoms with E-state index < -0.39 is 0 Å². The first kappa shape index (κ1) is 22.4. The lowest BCUT2D eigenvalue weighted by molar-refractivity contribution is -0.122. The second kappa shape index (κ2) is 11.8. The van der Waals surface area contributed by atoms with Crippen LogP contribution >= 0.6 is 0 Å². The highest BCUT2D eigenvalue weighted by Crippen LogP contribution is 2.21. The van der Waals surface area contributed by atoms with Gasteiger partial charge in [0.05, 0.1) is 18.7 Å². The first-order valence-electron chi connectivity index (χ1n) is 9.84. The standard InChI is InChI=1S/C19H27N5O2.CH2O2/c1-3-17-20-18(22-21-17)14-23-10-7-11-24(13-12-23)19(25)15-8-5-6-9-16(15)26-4-2;2-1-3/h5-6,8-9H,3-4,7,10-14H2,1-2H3,(H,20,21,22);1H,(H,2,3). The van der Waals surface area contributed by atoms with Crippen molar-refractivity contribution < 1.29 is 19.4 Å². The fourth-order valence-electron chi connectivity index (χ4n) is 3.20. The van der Waals surface area contributed by atoms with E-state index in [0.717, 1.165) is 50.7 Å². The maximum absolute atomic E-state index is 13.0. The van der Waals surface area contributed by atoms with Gasteiger partial charge in [-0.15, -0.1) is 0 Å². The largest absolute Gasteiger partial charge is 0.493 e. The predicted octanol–water partition coefficient (Wildman–Crippen LogP) is 1.81. The number of amides is 1. The fraction of sp³-hybridized carbons (Fsp3) is 0.500. The summed E-state index contributed by atoms with van der Waals surface area (Å²) in [5, 5.41) is 14.1. The molecule has 0 radical (unpaired) electrons. The fourth-order valence-corrected chi connectivity index (χ4v) is 3.20. The van der Waals surface area contributed by atoms with Crippen molar-refractivity contribution >= 4 is 12.4 Å². The summed E-state index contributed by atoms with van der Waals surface area (Å²) in [6.45, 7) is 8.24. The Hall–Kier alpha value is -2.94. The monoisotopic (exact) mass is 403 g/mol. The lowest BCUT2D eigenvalue weighted by Crippen LogP contribution is -2.35. The topological polar surface area (TPSA) is 112 Å². The molecular weight excluding hydrogens is 374 g/mol. The number of nitrogens with zero attached hydrogens (tertiary/aromatic N) is 4. The van der Waals surface area contributed by atoms with Gasteiger partial charge in [-0.1, -0.05) is 19.1 Å². The number of carboxylic acid groups (broad SMARTS) is 1. The van der Waals surface area contributed by atoms with Crippen LogP contribution in [0, 0.1) is 0 Å². The molecule has 29 heavy (non-hydrogen) atoms. The second-order valence-electron chi connectivity index (χ2n) is 6.51. The predicted molar refractivity (Wildman–Crippen MR) is 108 cm³/mol. The molecule has 2 N–H and O–H groups in total. The number of para-hydroxylation sites is 1. The molecule has 1 aliphatic heterocycles. The third-order valence-electron chi connectivity index (χ3n) is 4.56. The van der Waals surface area contributed by atoms with Crippen LogP contribution in [0.3, 0.4) is 0 Å². The molecule has 9 heteroatoms. The van der Waals surface area contributed by atoms with Crippen LogP contribution in [0.25, 0.3) is 0 Å². The minimum atomic E-state index is -0.250. The third-order valence-corrected chi connectivity index (χ3v) is 4.56. The van der Waals surface area contributed by atoms with Crippen molar-refractivity contribution in [3.63, 3.8) is 0 Å². The Morgan fingerprint density at radius 1 is 1.24 bits per heavy atom. The number of carbonyl (C=O) groups excluding carboxylic acids is 1. The van der Waals surface area contributed by atoms with Gasteiger partial charge in [-0.3, -0.25) is 19.6 Å². The highest BCUT2D eigenvalue weighted by atomic mass is 16.5. The SMILES string of the molecule is CCOc1ccccc1C(=O)N1CCCN(Cc2nc(CC)n[nH]2)CC1.O=CO. The van der Waals surface area contributed by atoms with Crippen molar-refractivity contribution in [2.75, 3.05) is 32.8 Å². The maximum Gasteiger partial charge on any atom is 0.290 e. The molecule has 1 saturated heterocycles. The quantitative estimate of drug-likeness (QED) is 0.708. The van der Waals surface area contributed by atoms with Crippen molar-refractivity contribution in [3.8, 4) is 5.75 Å². The number of hydrogen-bond donors (Lipinski definition) is 2. The van der Waals surface area contributed by atoms with Crippen molar-refractivity contribution in [1.82, 2.24) is 25.0 Å². The molecule has 0 saturated carbocycles. The molecule has 2 heterocycles. The minimum Gasteiger partial charge on any atom is -0.493 e. The number of aromatic nitrogens is 3. The van der Waals surface area contributed by atoms with Gasteiger partial charge < -0.3 is 14.7 Å². The highest BCUT2D eigenvalue weighted by molar-refractivity contribution is 5.97. The normalized spacial score (nSPS) is 14.5. The van der Waals surface area contributed by atoms with Crippen LogP contribution in [-0.2, 0) is 17.8 Å². The summed E-state index contributed by atoms with van der Waals surface area (Å²) >= 11 is 0. The van der Waals surface area contributed by atoms with E-state index in [4.69, 9.17) is 14.6 Å². The summed E-state index contributed by atoms with van der Waals surface area (Å²) in [6, 6.07) is 7.48. The molecule has 1 aromatic carbocycles. The number of aryl methyl sites for hydroxylation is 1. The maximum atomic E-state index is 13.0. The molecule has 158 valence electrons. The highest BCUT2D eigenvalue weighted by Gasteiger charge is 2.23. The summed E-state index contributed by atoms with van der Waals surface area (Å²) in [5.74, 6) is 2.45. The first-order chi connectivity index (χ1) is 14.1. The van der Waals surface area contributed by atoms with E-state index in [0.29, 0.717) is 24.5 Å². The molecule has 0 aliphatic carbocycles. The Morgan fingerprint density at radius 2 is 2.00 bits per heavy atom. The van der Waals surface area contributed by atoms with E-state index in [1.165, 1.54) is 0 Å². The minimum absolute atomic E-state index is 0.0452. The van der Waals surface area contributed by atoms with Gasteiger partial charge in [-0.05, 0) is 25.5 Å². The molecule has 3 rings (SSSR count). The zero-order valence-corrected chi connectivity index (χ0v) is 17.0. The van der Waals surface area contributed by atoms with Crippen LogP contribution in [-0.4, -0.2) is 75.3 Å². The number of nitrogens with one attached hydrogen (secondary N) is 1. The van der Waals surface area contributed by atoms with Gasteiger partial charge in [-0.2, -0.15) is 5.10 Å². The smallest absolute Gasteiger partial charge is 0.290 e. The number of aromatic amines is 1. The van der Waals surface area contributed by atoms with Gasteiger partial charge >= 0.3 is 0 Å². The van der Waals surface area contributed by atoms with Crippen LogP contribution < -0.4 is 4.74 Å². The van der Waals surface area contributed by atoms with Gasteiger partial charge in [0.1, 0.15) is 17.4 Å². The molecule has 1 fully saturated rings. The van der Waals surface area contributed by atoms with Crippen molar-refractivity contribution in [2.24, 2.45) is 0 Å². The molecule has 1 aromatic heterocycles. The Balaban J connectivity index is 0.000000941. The van der Waals surface area contributed by atoms with E-state index >= 15 is 0 Å². The summed E-state index contributed by atoms with van der Waals surface area (Å²) in [6.07, 6.45) is 1.77. The molecule has 0 atom stereocenters. The molecule has 2 aromatic rings. The van der Waals surface area contributed by atoms with Crippen LogP contribution in [0.15, 0.2) is 24.3 Å². The van der Waals surface area contributed by atoms with E-state index in [9.17, 15) is 4.79 Å². The van der Waals surface area contributed by atoms with Gasteiger partial charge in [0.15, 0.2) is 0 Å². The van der Waals surface area contributed by atoms with Crippen molar-refractivity contribution in [1.29, 1.82) is 0 Å². The van der Waals surface area contributed by atoms with Gasteiger partial charge in [-0.25, -0.2) is 4.98 Å². The molecule has 0 bridgehead atoms. The van der Waals surface area contributed by atoms with Crippen LogP contribution in [0.5, 0.6) is 5.75 Å². The Kier molecular flexibility index (Phi) is 9.10. The number of H-pyrrole nitrogens is 1. The summed E-state index contributed by atoms with van der Waals surface area (Å²) in [5.41, 5.74) is 0.644. The Labute approximate surface area is 170 Å². The van der Waals surface area contributed by atoms with E-state index in [1.54, 1.807) is 0 Å². The lowest BCUT2D eigenvalue weighted by atomic mass is 10.1. The Bertz CT molecular complexity index is 780. The van der Waals surface area contributed by atoms with Gasteiger partial charge in [0.2, 0.25) is 0 Å². The van der Waals surface area contributed by atoms with Crippen LogP contribution in [0.2, 0.25) is 0 Å². The van der Waals surface area contributed by atoms with E-state index in [-0.39, 0.29) is 12.4 Å². The Morgan fingerprint density at radius 3 is 2.69 bits per heavy atom. The zero-order valence-electron chi connectivity index (χ0n) is 17.0.